The Labute approximate surface area is 145 Å². The summed E-state index contributed by atoms with van der Waals surface area (Å²) in [4.78, 5) is 36.3. The molecule has 0 unspecified atom stereocenters. The summed E-state index contributed by atoms with van der Waals surface area (Å²) >= 11 is 0. The van der Waals surface area contributed by atoms with E-state index in [2.05, 4.69) is 0 Å². The monoisotopic (exact) mass is 341 g/mol. The smallest absolute Gasteiger partial charge is 0.411 e. The molecule has 1 amide bonds. The Morgan fingerprint density at radius 1 is 0.960 bits per heavy atom. The number of Topliss-reactive ketones (excluding diaryl/α,β-unsaturated/α-hetero) is 1. The van der Waals surface area contributed by atoms with Crippen molar-refractivity contribution < 1.29 is 24.2 Å². The van der Waals surface area contributed by atoms with Crippen LogP contribution in [-0.4, -0.2) is 40.9 Å². The number of hydrogen-bond acceptors (Lipinski definition) is 4. The van der Waals surface area contributed by atoms with Crippen molar-refractivity contribution in [1.29, 1.82) is 0 Å². The molecule has 130 valence electrons. The molecule has 6 nitrogen and oxygen atoms in total. The fraction of sp³-hybridized carbons (Fsp3) is 0.211. The third kappa shape index (κ3) is 5.76. The van der Waals surface area contributed by atoms with Crippen LogP contribution in [0.5, 0.6) is 0 Å². The number of hydrogen-bond donors (Lipinski definition) is 1. The zero-order valence-corrected chi connectivity index (χ0v) is 13.8. The predicted molar refractivity (Wildman–Crippen MR) is 91.3 cm³/mol. The third-order valence-electron chi connectivity index (χ3n) is 3.50. The van der Waals surface area contributed by atoms with Gasteiger partial charge >= 0.3 is 12.1 Å². The minimum Gasteiger partial charge on any atom is -0.480 e. The van der Waals surface area contributed by atoms with E-state index in [0.717, 1.165) is 16.0 Å². The molecule has 0 saturated heterocycles. The summed E-state index contributed by atoms with van der Waals surface area (Å²) in [5.74, 6) is -1.56. The molecule has 2 rings (SSSR count). The zero-order chi connectivity index (χ0) is 18.2. The Balaban J connectivity index is 2.01. The van der Waals surface area contributed by atoms with E-state index in [0.29, 0.717) is 5.56 Å². The van der Waals surface area contributed by atoms with Crippen molar-refractivity contribution in [2.45, 2.75) is 13.5 Å². The van der Waals surface area contributed by atoms with Gasteiger partial charge in [0.15, 0.2) is 5.78 Å². The van der Waals surface area contributed by atoms with Gasteiger partial charge in [-0.15, -0.1) is 0 Å². The molecule has 0 aliphatic heterocycles. The van der Waals surface area contributed by atoms with Crippen LogP contribution in [0.2, 0.25) is 0 Å². The average molecular weight is 341 g/mol. The van der Waals surface area contributed by atoms with Crippen molar-refractivity contribution in [3.05, 3.63) is 71.3 Å². The molecule has 0 atom stereocenters. The van der Waals surface area contributed by atoms with E-state index in [1.165, 1.54) is 0 Å². The van der Waals surface area contributed by atoms with Crippen LogP contribution in [0.1, 0.15) is 21.5 Å². The Morgan fingerprint density at radius 2 is 1.60 bits per heavy atom. The number of ketones is 1. The molecule has 0 aliphatic rings. The molecule has 0 heterocycles. The van der Waals surface area contributed by atoms with Crippen LogP contribution >= 0.6 is 0 Å². The predicted octanol–water partition coefficient (Wildman–Crippen LogP) is 2.90. The molecule has 0 radical (unpaired) electrons. The van der Waals surface area contributed by atoms with Crippen molar-refractivity contribution in [3.8, 4) is 0 Å². The molecule has 0 saturated carbocycles. The highest BCUT2D eigenvalue weighted by Crippen LogP contribution is 2.08. The summed E-state index contributed by atoms with van der Waals surface area (Å²) < 4.78 is 5.12. The van der Waals surface area contributed by atoms with Crippen LogP contribution in [0.4, 0.5) is 4.79 Å². The van der Waals surface area contributed by atoms with Crippen molar-refractivity contribution in [1.82, 2.24) is 4.90 Å². The number of carboxylic acids is 1. The van der Waals surface area contributed by atoms with Gasteiger partial charge in [0, 0.05) is 5.56 Å². The number of carbonyl (C=O) groups is 3. The van der Waals surface area contributed by atoms with Gasteiger partial charge in [-0.1, -0.05) is 60.2 Å². The third-order valence-corrected chi connectivity index (χ3v) is 3.50. The Hall–Kier alpha value is -3.15. The van der Waals surface area contributed by atoms with E-state index in [9.17, 15) is 14.4 Å². The van der Waals surface area contributed by atoms with Crippen LogP contribution in [0.3, 0.4) is 0 Å². The van der Waals surface area contributed by atoms with Gasteiger partial charge in [-0.05, 0) is 12.5 Å². The molecule has 6 heteroatoms. The second kappa shape index (κ2) is 8.63. The highest BCUT2D eigenvalue weighted by Gasteiger charge is 2.22. The van der Waals surface area contributed by atoms with E-state index in [1.54, 1.807) is 48.5 Å². The largest absolute Gasteiger partial charge is 0.480 e. The van der Waals surface area contributed by atoms with Crippen LogP contribution in [0.25, 0.3) is 0 Å². The van der Waals surface area contributed by atoms with Crippen LogP contribution < -0.4 is 0 Å². The van der Waals surface area contributed by atoms with Gasteiger partial charge in [0.2, 0.25) is 0 Å². The van der Waals surface area contributed by atoms with E-state index >= 15 is 0 Å². The number of aliphatic carboxylic acids is 1. The maximum Gasteiger partial charge on any atom is 0.411 e. The van der Waals surface area contributed by atoms with E-state index < -0.39 is 18.6 Å². The van der Waals surface area contributed by atoms with Gasteiger partial charge in [-0.3, -0.25) is 14.5 Å². The lowest BCUT2D eigenvalue weighted by atomic mass is 10.1. The van der Waals surface area contributed by atoms with Gasteiger partial charge in [-0.25, -0.2) is 4.79 Å². The van der Waals surface area contributed by atoms with Crippen molar-refractivity contribution in [2.75, 3.05) is 13.1 Å². The zero-order valence-electron chi connectivity index (χ0n) is 13.8. The first kappa shape index (κ1) is 18.2. The fourth-order valence-electron chi connectivity index (χ4n) is 2.16. The second-order valence-corrected chi connectivity index (χ2v) is 5.58. The number of amides is 1. The van der Waals surface area contributed by atoms with Crippen molar-refractivity contribution >= 4 is 17.8 Å². The topological polar surface area (TPSA) is 83.9 Å². The number of aryl methyl sites for hydroxylation is 1. The molecular weight excluding hydrogens is 322 g/mol. The molecule has 0 spiro atoms. The van der Waals surface area contributed by atoms with Gasteiger partial charge in [0.05, 0.1) is 6.54 Å². The highest BCUT2D eigenvalue weighted by molar-refractivity contribution is 5.99. The summed E-state index contributed by atoms with van der Waals surface area (Å²) in [7, 11) is 0. The standard InChI is InChI=1S/C19H19NO5/c1-14-7-9-16(10-8-14)17(21)11-20(12-18(22)23)19(24)25-13-15-5-3-2-4-6-15/h2-10H,11-13H2,1H3,(H,22,23). The van der Waals surface area contributed by atoms with Crippen molar-refractivity contribution in [2.24, 2.45) is 0 Å². The minimum absolute atomic E-state index is 0.00845. The van der Waals surface area contributed by atoms with Crippen molar-refractivity contribution in [3.63, 3.8) is 0 Å². The lowest BCUT2D eigenvalue weighted by Gasteiger charge is -2.19. The van der Waals surface area contributed by atoms with E-state index in [-0.39, 0.29) is 18.9 Å². The first-order valence-electron chi connectivity index (χ1n) is 7.73. The van der Waals surface area contributed by atoms with Gasteiger partial charge < -0.3 is 9.84 Å². The maximum absolute atomic E-state index is 12.3. The van der Waals surface area contributed by atoms with Crippen LogP contribution in [0, 0.1) is 6.92 Å². The number of rotatable bonds is 7. The molecule has 0 aliphatic carbocycles. The molecule has 1 N–H and O–H groups in total. The maximum atomic E-state index is 12.3. The average Bonchev–Trinajstić information content (AvgIpc) is 2.60. The van der Waals surface area contributed by atoms with E-state index in [4.69, 9.17) is 9.84 Å². The van der Waals surface area contributed by atoms with Gasteiger partial charge in [-0.2, -0.15) is 0 Å². The summed E-state index contributed by atoms with van der Waals surface area (Å²) in [6, 6.07) is 15.9. The Kier molecular flexibility index (Phi) is 6.28. The lowest BCUT2D eigenvalue weighted by molar-refractivity contribution is -0.137. The summed E-state index contributed by atoms with van der Waals surface area (Å²) in [5, 5.41) is 8.98. The highest BCUT2D eigenvalue weighted by atomic mass is 16.6. The molecule has 2 aromatic rings. The SMILES string of the molecule is Cc1ccc(C(=O)CN(CC(=O)O)C(=O)OCc2ccccc2)cc1. The molecule has 2 aromatic carbocycles. The normalized spacial score (nSPS) is 10.1. The summed E-state index contributed by atoms with van der Waals surface area (Å²) in [5.41, 5.74) is 2.19. The number of carboxylic acid groups (broad SMARTS) is 1. The molecular formula is C19H19NO5. The summed E-state index contributed by atoms with van der Waals surface area (Å²) in [6.45, 7) is 0.939. The van der Waals surface area contributed by atoms with Crippen LogP contribution in [0.15, 0.2) is 54.6 Å². The lowest BCUT2D eigenvalue weighted by Crippen LogP contribution is -2.39. The molecule has 0 fully saturated rings. The van der Waals surface area contributed by atoms with Gasteiger partial charge in [0.25, 0.3) is 0 Å². The number of carbonyl (C=O) groups excluding carboxylic acids is 2. The minimum atomic E-state index is -1.21. The summed E-state index contributed by atoms with van der Waals surface area (Å²) in [6.07, 6.45) is -0.841. The first-order valence-corrected chi connectivity index (χ1v) is 7.73. The van der Waals surface area contributed by atoms with Gasteiger partial charge in [0.1, 0.15) is 13.2 Å². The number of ether oxygens (including phenoxy) is 1. The number of benzene rings is 2. The molecule has 25 heavy (non-hydrogen) atoms. The van der Waals surface area contributed by atoms with E-state index in [1.807, 2.05) is 13.0 Å². The first-order chi connectivity index (χ1) is 12.0. The second-order valence-electron chi connectivity index (χ2n) is 5.58. The molecule has 0 bridgehead atoms. The quantitative estimate of drug-likeness (QED) is 0.783. The molecule has 0 aromatic heterocycles. The Morgan fingerprint density at radius 3 is 2.20 bits per heavy atom. The number of nitrogens with zero attached hydrogens (tertiary/aromatic N) is 1. The van der Waals surface area contributed by atoms with Crippen LogP contribution in [-0.2, 0) is 16.1 Å². The fourth-order valence-corrected chi connectivity index (χ4v) is 2.16. The Bertz CT molecular complexity index is 740.